The molecule has 2 amide bonds. The second kappa shape index (κ2) is 5.29. The van der Waals surface area contributed by atoms with E-state index in [4.69, 9.17) is 11.5 Å². The van der Waals surface area contributed by atoms with Crippen LogP contribution in [0.25, 0.3) is 0 Å². The van der Waals surface area contributed by atoms with Crippen LogP contribution in [0.5, 0.6) is 0 Å². The fourth-order valence-corrected chi connectivity index (χ4v) is 2.21. The van der Waals surface area contributed by atoms with Gasteiger partial charge in [-0.1, -0.05) is 12.1 Å². The highest BCUT2D eigenvalue weighted by atomic mass is 16.2. The number of amides is 2. The summed E-state index contributed by atoms with van der Waals surface area (Å²) in [4.78, 5) is 24.9. The number of anilines is 1. The molecule has 2 rings (SSSR count). The maximum Gasteiger partial charge on any atom is 0.238 e. The second-order valence-corrected chi connectivity index (χ2v) is 4.34. The monoisotopic (exact) mass is 247 g/mol. The molecular weight excluding hydrogens is 230 g/mol. The number of imide groups is 1. The van der Waals surface area contributed by atoms with Crippen molar-refractivity contribution in [3.63, 3.8) is 0 Å². The van der Waals surface area contributed by atoms with E-state index < -0.39 is 0 Å². The average Bonchev–Trinajstić information content (AvgIpc) is 2.65. The first-order valence-corrected chi connectivity index (χ1v) is 6.05. The van der Waals surface area contributed by atoms with Crippen molar-refractivity contribution in [1.29, 1.82) is 0 Å². The number of carbonyl (C=O) groups excluding carboxylic acids is 2. The first kappa shape index (κ1) is 12.7. The van der Waals surface area contributed by atoms with Gasteiger partial charge in [-0.05, 0) is 30.2 Å². The number of hydrogen-bond donors (Lipinski definition) is 2. The Kier molecular flexibility index (Phi) is 3.74. The molecule has 0 atom stereocenters. The van der Waals surface area contributed by atoms with Crippen molar-refractivity contribution in [3.8, 4) is 0 Å². The van der Waals surface area contributed by atoms with Crippen LogP contribution in [0, 0.1) is 0 Å². The van der Waals surface area contributed by atoms with Crippen LogP contribution < -0.4 is 16.4 Å². The van der Waals surface area contributed by atoms with Crippen LogP contribution in [0.2, 0.25) is 0 Å². The molecule has 0 bridgehead atoms. The quantitative estimate of drug-likeness (QED) is 0.780. The van der Waals surface area contributed by atoms with Gasteiger partial charge in [-0.15, -0.1) is 0 Å². The Bertz CT molecular complexity index is 485. The predicted octanol–water partition coefficient (Wildman–Crippen LogP) is -0.0477. The molecule has 1 aromatic carbocycles. The van der Waals surface area contributed by atoms with Gasteiger partial charge in [0.1, 0.15) is 0 Å². The van der Waals surface area contributed by atoms with Gasteiger partial charge in [0.25, 0.3) is 0 Å². The SMILES string of the molecule is NCCC(=O)N1C(=O)Cc2cc(CCN)ccc21. The minimum atomic E-state index is -0.229. The molecule has 0 unspecified atom stereocenters. The van der Waals surface area contributed by atoms with Crippen LogP contribution in [-0.4, -0.2) is 24.9 Å². The average molecular weight is 247 g/mol. The molecule has 4 N–H and O–H groups in total. The highest BCUT2D eigenvalue weighted by molar-refractivity contribution is 6.19. The van der Waals surface area contributed by atoms with Crippen molar-refractivity contribution in [1.82, 2.24) is 0 Å². The summed E-state index contributed by atoms with van der Waals surface area (Å²) in [6.45, 7) is 0.825. The van der Waals surface area contributed by atoms with Crippen LogP contribution >= 0.6 is 0 Å². The van der Waals surface area contributed by atoms with E-state index in [1.807, 2.05) is 18.2 Å². The van der Waals surface area contributed by atoms with Gasteiger partial charge in [-0.25, -0.2) is 4.90 Å². The molecule has 0 radical (unpaired) electrons. The Balaban J connectivity index is 2.29. The van der Waals surface area contributed by atoms with Gasteiger partial charge >= 0.3 is 0 Å². The van der Waals surface area contributed by atoms with Crippen molar-refractivity contribution >= 4 is 17.5 Å². The van der Waals surface area contributed by atoms with E-state index in [1.54, 1.807) is 0 Å². The lowest BCUT2D eigenvalue weighted by atomic mass is 10.1. The lowest BCUT2D eigenvalue weighted by Crippen LogP contribution is -2.34. The number of carbonyl (C=O) groups is 2. The van der Waals surface area contributed by atoms with Crippen molar-refractivity contribution in [3.05, 3.63) is 29.3 Å². The summed E-state index contributed by atoms with van der Waals surface area (Å²) >= 11 is 0. The normalized spacial score (nSPS) is 13.9. The number of nitrogens with two attached hydrogens (primary N) is 2. The molecule has 0 fully saturated rings. The molecule has 5 nitrogen and oxygen atoms in total. The first-order chi connectivity index (χ1) is 8.67. The van der Waals surface area contributed by atoms with Gasteiger partial charge in [0, 0.05) is 13.0 Å². The minimum Gasteiger partial charge on any atom is -0.330 e. The molecule has 0 aromatic heterocycles. The lowest BCUT2D eigenvalue weighted by molar-refractivity contribution is -0.125. The molecule has 96 valence electrons. The van der Waals surface area contributed by atoms with Gasteiger partial charge < -0.3 is 11.5 Å². The summed E-state index contributed by atoms with van der Waals surface area (Å²) in [7, 11) is 0. The highest BCUT2D eigenvalue weighted by Crippen LogP contribution is 2.30. The Labute approximate surface area is 106 Å². The van der Waals surface area contributed by atoms with Crippen LogP contribution in [-0.2, 0) is 22.4 Å². The topological polar surface area (TPSA) is 89.4 Å². The first-order valence-electron chi connectivity index (χ1n) is 6.05. The van der Waals surface area contributed by atoms with E-state index in [9.17, 15) is 9.59 Å². The largest absolute Gasteiger partial charge is 0.330 e. The summed E-state index contributed by atoms with van der Waals surface area (Å²) in [5.74, 6) is -0.402. The zero-order chi connectivity index (χ0) is 13.1. The van der Waals surface area contributed by atoms with Crippen molar-refractivity contribution in [2.24, 2.45) is 11.5 Å². The molecule has 18 heavy (non-hydrogen) atoms. The van der Waals surface area contributed by atoms with Crippen molar-refractivity contribution in [2.75, 3.05) is 18.0 Å². The molecule has 1 aliphatic heterocycles. The molecule has 1 heterocycles. The van der Waals surface area contributed by atoms with Crippen LogP contribution in [0.4, 0.5) is 5.69 Å². The zero-order valence-corrected chi connectivity index (χ0v) is 10.2. The van der Waals surface area contributed by atoms with Gasteiger partial charge in [0.2, 0.25) is 11.8 Å². The molecule has 1 aliphatic rings. The molecule has 1 aromatic rings. The third kappa shape index (κ3) is 2.27. The number of rotatable bonds is 4. The fourth-order valence-electron chi connectivity index (χ4n) is 2.21. The highest BCUT2D eigenvalue weighted by Gasteiger charge is 2.31. The molecule has 0 aliphatic carbocycles. The van der Waals surface area contributed by atoms with E-state index in [0.717, 1.165) is 17.5 Å². The van der Waals surface area contributed by atoms with Gasteiger partial charge in [-0.2, -0.15) is 0 Å². The number of benzene rings is 1. The summed E-state index contributed by atoms with van der Waals surface area (Å²) in [5.41, 5.74) is 13.5. The summed E-state index contributed by atoms with van der Waals surface area (Å²) in [5, 5.41) is 0. The van der Waals surface area contributed by atoms with Crippen molar-refractivity contribution < 1.29 is 9.59 Å². The Morgan fingerprint density at radius 1 is 1.28 bits per heavy atom. The van der Waals surface area contributed by atoms with Crippen LogP contribution in [0.15, 0.2) is 18.2 Å². The standard InChI is InChI=1S/C13H17N3O2/c14-5-3-9-1-2-11-10(7-9)8-13(18)16(11)12(17)4-6-15/h1-2,7H,3-6,8,14-15H2. The fraction of sp³-hybridized carbons (Fsp3) is 0.385. The third-order valence-electron chi connectivity index (χ3n) is 3.02. The van der Waals surface area contributed by atoms with Gasteiger partial charge in [0.15, 0.2) is 0 Å². The molecular formula is C13H17N3O2. The third-order valence-corrected chi connectivity index (χ3v) is 3.02. The van der Waals surface area contributed by atoms with E-state index in [-0.39, 0.29) is 31.2 Å². The Morgan fingerprint density at radius 3 is 2.72 bits per heavy atom. The molecule has 0 saturated heterocycles. The Hall–Kier alpha value is -1.72. The van der Waals surface area contributed by atoms with Gasteiger partial charge in [-0.3, -0.25) is 9.59 Å². The lowest BCUT2D eigenvalue weighted by Gasteiger charge is -2.15. The number of nitrogens with zero attached hydrogens (tertiary/aromatic N) is 1. The van der Waals surface area contributed by atoms with Crippen LogP contribution in [0.3, 0.4) is 0 Å². The number of fused-ring (bicyclic) bond motifs is 1. The summed E-state index contributed by atoms with van der Waals surface area (Å²) < 4.78 is 0. The molecule has 5 heteroatoms. The molecule has 0 saturated carbocycles. The summed E-state index contributed by atoms with van der Waals surface area (Å²) in [6.07, 6.45) is 1.25. The predicted molar refractivity (Wildman–Crippen MR) is 69.1 cm³/mol. The van der Waals surface area contributed by atoms with E-state index in [2.05, 4.69) is 0 Å². The van der Waals surface area contributed by atoms with E-state index >= 15 is 0 Å². The molecule has 0 spiro atoms. The van der Waals surface area contributed by atoms with Gasteiger partial charge in [0.05, 0.1) is 12.1 Å². The smallest absolute Gasteiger partial charge is 0.238 e. The van der Waals surface area contributed by atoms with E-state index in [0.29, 0.717) is 12.2 Å². The van der Waals surface area contributed by atoms with E-state index in [1.165, 1.54) is 4.90 Å². The minimum absolute atomic E-state index is 0.173. The summed E-state index contributed by atoms with van der Waals surface area (Å²) in [6, 6.07) is 5.68. The van der Waals surface area contributed by atoms with Crippen LogP contribution in [0.1, 0.15) is 17.5 Å². The number of hydrogen-bond acceptors (Lipinski definition) is 4. The Morgan fingerprint density at radius 2 is 2.06 bits per heavy atom. The van der Waals surface area contributed by atoms with Crippen molar-refractivity contribution in [2.45, 2.75) is 19.3 Å². The second-order valence-electron chi connectivity index (χ2n) is 4.34. The zero-order valence-electron chi connectivity index (χ0n) is 10.2. The maximum absolute atomic E-state index is 11.9. The maximum atomic E-state index is 11.9.